The molecule has 0 aromatic rings. The van der Waals surface area contributed by atoms with Gasteiger partial charge in [-0.1, -0.05) is 20.8 Å². The lowest BCUT2D eigenvalue weighted by atomic mass is 9.97. The summed E-state index contributed by atoms with van der Waals surface area (Å²) in [6.45, 7) is 13.0. The van der Waals surface area contributed by atoms with Crippen molar-refractivity contribution in [2.24, 2.45) is 5.92 Å². The van der Waals surface area contributed by atoms with Gasteiger partial charge >= 0.3 is 0 Å². The molecule has 0 saturated heterocycles. The van der Waals surface area contributed by atoms with E-state index in [1.54, 1.807) is 0 Å². The van der Waals surface area contributed by atoms with Crippen LogP contribution in [0.5, 0.6) is 0 Å². The van der Waals surface area contributed by atoms with Crippen molar-refractivity contribution in [3.63, 3.8) is 0 Å². The van der Waals surface area contributed by atoms with Crippen molar-refractivity contribution in [3.05, 3.63) is 0 Å². The van der Waals surface area contributed by atoms with E-state index in [4.69, 9.17) is 0 Å². The van der Waals surface area contributed by atoms with Gasteiger partial charge in [-0.15, -0.1) is 0 Å². The molecule has 2 N–H and O–H groups in total. The lowest BCUT2D eigenvalue weighted by Crippen LogP contribution is -2.48. The first-order valence-corrected chi connectivity index (χ1v) is 6.42. The molecule has 16 heavy (non-hydrogen) atoms. The predicted octanol–water partition coefficient (Wildman–Crippen LogP) is 1.71. The lowest BCUT2D eigenvalue weighted by Gasteiger charge is -2.33. The largest absolute Gasteiger partial charge is 0.394 e. The van der Waals surface area contributed by atoms with Gasteiger partial charge < -0.3 is 15.3 Å². The van der Waals surface area contributed by atoms with Crippen LogP contribution in [-0.4, -0.2) is 48.3 Å². The Morgan fingerprint density at radius 1 is 1.31 bits per heavy atom. The van der Waals surface area contributed by atoms with Crippen LogP contribution in [0, 0.1) is 5.92 Å². The molecule has 0 fully saturated rings. The predicted molar refractivity (Wildman–Crippen MR) is 70.7 cm³/mol. The molecule has 0 spiro atoms. The Morgan fingerprint density at radius 3 is 2.25 bits per heavy atom. The number of nitrogens with zero attached hydrogens (tertiary/aromatic N) is 1. The maximum atomic E-state index is 9.40. The van der Waals surface area contributed by atoms with E-state index in [-0.39, 0.29) is 12.1 Å². The Morgan fingerprint density at radius 2 is 1.88 bits per heavy atom. The van der Waals surface area contributed by atoms with Gasteiger partial charge in [0.2, 0.25) is 0 Å². The summed E-state index contributed by atoms with van der Waals surface area (Å²) in [5, 5.41) is 12.8. The first-order valence-electron chi connectivity index (χ1n) is 6.42. The van der Waals surface area contributed by atoms with Gasteiger partial charge in [0, 0.05) is 11.6 Å². The third kappa shape index (κ3) is 5.28. The highest BCUT2D eigenvalue weighted by Crippen LogP contribution is 2.13. The second kappa shape index (κ2) is 7.25. The molecule has 0 rings (SSSR count). The number of likely N-dealkylation sites (N-methyl/N-ethyl adjacent to an activating group) is 1. The fourth-order valence-corrected chi connectivity index (χ4v) is 1.79. The molecule has 0 aliphatic heterocycles. The second-order valence-corrected chi connectivity index (χ2v) is 5.46. The minimum absolute atomic E-state index is 0.139. The normalized spacial score (nSPS) is 17.8. The van der Waals surface area contributed by atoms with E-state index < -0.39 is 0 Å². The van der Waals surface area contributed by atoms with Crippen LogP contribution in [0.1, 0.15) is 41.0 Å². The van der Waals surface area contributed by atoms with E-state index in [1.807, 2.05) is 0 Å². The van der Waals surface area contributed by atoms with Crippen LogP contribution in [0.3, 0.4) is 0 Å². The summed E-state index contributed by atoms with van der Waals surface area (Å²) >= 11 is 0. The Balaban J connectivity index is 4.10. The Hall–Kier alpha value is -0.120. The molecule has 2 unspecified atom stereocenters. The van der Waals surface area contributed by atoms with Crippen LogP contribution in [0.4, 0.5) is 0 Å². The number of hydrogen-bond donors (Lipinski definition) is 2. The van der Waals surface area contributed by atoms with Crippen LogP contribution >= 0.6 is 0 Å². The maximum absolute atomic E-state index is 9.40. The fraction of sp³-hybridized carbons (Fsp3) is 1.00. The number of rotatable bonds is 8. The molecule has 0 amide bonds. The topological polar surface area (TPSA) is 35.5 Å². The first-order chi connectivity index (χ1) is 7.36. The molecular weight excluding hydrogens is 200 g/mol. The van der Waals surface area contributed by atoms with Gasteiger partial charge in [0.25, 0.3) is 0 Å². The van der Waals surface area contributed by atoms with Gasteiger partial charge in [-0.2, -0.15) is 0 Å². The SMILES string of the molecule is CCNC(C)(CO)CCN(C)C(C)C(C)C. The monoisotopic (exact) mass is 230 g/mol. The molecule has 3 nitrogen and oxygen atoms in total. The van der Waals surface area contributed by atoms with Crippen molar-refractivity contribution < 1.29 is 5.11 Å². The Kier molecular flexibility index (Phi) is 7.20. The van der Waals surface area contributed by atoms with Crippen LogP contribution in [0.25, 0.3) is 0 Å². The van der Waals surface area contributed by atoms with Gasteiger partial charge in [0.1, 0.15) is 0 Å². The van der Waals surface area contributed by atoms with Crippen molar-refractivity contribution >= 4 is 0 Å². The number of hydrogen-bond acceptors (Lipinski definition) is 3. The lowest BCUT2D eigenvalue weighted by molar-refractivity contribution is 0.134. The zero-order valence-electron chi connectivity index (χ0n) is 11.9. The number of nitrogens with one attached hydrogen (secondary N) is 1. The second-order valence-electron chi connectivity index (χ2n) is 5.46. The number of aliphatic hydroxyl groups excluding tert-OH is 1. The van der Waals surface area contributed by atoms with E-state index >= 15 is 0 Å². The van der Waals surface area contributed by atoms with Crippen molar-refractivity contribution in [2.75, 3.05) is 26.7 Å². The fourth-order valence-electron chi connectivity index (χ4n) is 1.79. The minimum atomic E-state index is -0.139. The molecule has 0 saturated carbocycles. The van der Waals surface area contributed by atoms with E-state index in [0.717, 1.165) is 19.5 Å². The van der Waals surface area contributed by atoms with E-state index in [1.165, 1.54) is 0 Å². The van der Waals surface area contributed by atoms with Crippen molar-refractivity contribution in [3.8, 4) is 0 Å². The highest BCUT2D eigenvalue weighted by atomic mass is 16.3. The molecule has 0 aliphatic carbocycles. The smallest absolute Gasteiger partial charge is 0.0611 e. The first kappa shape index (κ1) is 15.9. The summed E-state index contributed by atoms with van der Waals surface area (Å²) < 4.78 is 0. The van der Waals surface area contributed by atoms with Crippen LogP contribution in [0.2, 0.25) is 0 Å². The van der Waals surface area contributed by atoms with Gasteiger partial charge in [-0.05, 0) is 46.3 Å². The summed E-state index contributed by atoms with van der Waals surface area (Å²) in [6.07, 6.45) is 0.977. The van der Waals surface area contributed by atoms with E-state index in [0.29, 0.717) is 12.0 Å². The molecular formula is C13H30N2O. The standard InChI is InChI=1S/C13H30N2O/c1-7-14-13(5,10-16)8-9-15(6)12(4)11(2)3/h11-12,14,16H,7-10H2,1-6H3. The molecule has 0 radical (unpaired) electrons. The Bertz CT molecular complexity index is 185. The van der Waals surface area contributed by atoms with Crippen LogP contribution < -0.4 is 5.32 Å². The summed E-state index contributed by atoms with van der Waals surface area (Å²) in [5.41, 5.74) is -0.139. The molecule has 0 bridgehead atoms. The highest BCUT2D eigenvalue weighted by molar-refractivity contribution is 4.83. The molecule has 0 aromatic heterocycles. The molecule has 0 heterocycles. The summed E-state index contributed by atoms with van der Waals surface area (Å²) in [4.78, 5) is 2.37. The van der Waals surface area contributed by atoms with Crippen LogP contribution in [0.15, 0.2) is 0 Å². The number of aliphatic hydroxyl groups is 1. The quantitative estimate of drug-likeness (QED) is 0.666. The minimum Gasteiger partial charge on any atom is -0.394 e. The van der Waals surface area contributed by atoms with Gasteiger partial charge in [-0.3, -0.25) is 0 Å². The highest BCUT2D eigenvalue weighted by Gasteiger charge is 2.23. The summed E-state index contributed by atoms with van der Waals surface area (Å²) in [7, 11) is 2.16. The summed E-state index contributed by atoms with van der Waals surface area (Å²) in [5.74, 6) is 0.671. The average molecular weight is 230 g/mol. The maximum Gasteiger partial charge on any atom is 0.0611 e. The van der Waals surface area contributed by atoms with E-state index in [9.17, 15) is 5.11 Å². The van der Waals surface area contributed by atoms with Crippen molar-refractivity contribution in [1.29, 1.82) is 0 Å². The average Bonchev–Trinajstić information content (AvgIpc) is 2.25. The van der Waals surface area contributed by atoms with Gasteiger partial charge in [0.15, 0.2) is 0 Å². The third-order valence-electron chi connectivity index (χ3n) is 3.63. The van der Waals surface area contributed by atoms with Gasteiger partial charge in [-0.25, -0.2) is 0 Å². The zero-order chi connectivity index (χ0) is 12.8. The third-order valence-corrected chi connectivity index (χ3v) is 3.63. The van der Waals surface area contributed by atoms with Gasteiger partial charge in [0.05, 0.1) is 6.61 Å². The molecule has 2 atom stereocenters. The molecule has 98 valence electrons. The van der Waals surface area contributed by atoms with Crippen molar-refractivity contribution in [2.45, 2.75) is 52.6 Å². The van der Waals surface area contributed by atoms with Crippen molar-refractivity contribution in [1.82, 2.24) is 10.2 Å². The summed E-state index contributed by atoms with van der Waals surface area (Å²) in [6, 6.07) is 0.588. The molecule has 0 aliphatic rings. The van der Waals surface area contributed by atoms with Crippen LogP contribution in [-0.2, 0) is 0 Å². The molecule has 0 aromatic carbocycles. The Labute approximate surface area is 101 Å². The zero-order valence-corrected chi connectivity index (χ0v) is 11.9. The molecule has 3 heteroatoms. The van der Waals surface area contributed by atoms with E-state index in [2.05, 4.69) is 51.9 Å².